The van der Waals surface area contributed by atoms with Gasteiger partial charge in [-0.15, -0.1) is 0 Å². The highest BCUT2D eigenvalue weighted by Crippen LogP contribution is 2.25. The van der Waals surface area contributed by atoms with Crippen molar-refractivity contribution in [2.75, 3.05) is 23.7 Å². The maximum atomic E-state index is 10.9. The van der Waals surface area contributed by atoms with Crippen molar-refractivity contribution in [1.29, 1.82) is 0 Å². The predicted molar refractivity (Wildman–Crippen MR) is 103 cm³/mol. The molecule has 4 N–H and O–H groups in total. The van der Waals surface area contributed by atoms with Gasteiger partial charge in [0, 0.05) is 48.7 Å². The second-order valence-corrected chi connectivity index (χ2v) is 7.42. The maximum Gasteiger partial charge on any atom is 0.316 e. The second-order valence-electron chi connectivity index (χ2n) is 7.42. The van der Waals surface area contributed by atoms with Gasteiger partial charge in [-0.1, -0.05) is 13.8 Å². The van der Waals surface area contributed by atoms with Crippen LogP contribution in [0.25, 0.3) is 0 Å². The Bertz CT molecular complexity index is 795. The van der Waals surface area contributed by atoms with Crippen LogP contribution in [0.3, 0.4) is 0 Å². The third kappa shape index (κ3) is 5.40. The van der Waals surface area contributed by atoms with E-state index >= 15 is 0 Å². The van der Waals surface area contributed by atoms with E-state index in [9.17, 15) is 9.81 Å². The van der Waals surface area contributed by atoms with Gasteiger partial charge in [0.25, 0.3) is 9.85 Å². The molecule has 8 heteroatoms. The minimum atomic E-state index is -0.152. The number of aryl methyl sites for hydroxylation is 2. The van der Waals surface area contributed by atoms with E-state index in [1.54, 1.807) is 36.4 Å². The number of anilines is 2. The number of benzene rings is 2. The monoisotopic (exact) mass is 374 g/mol. The molecule has 0 aromatic heterocycles. The van der Waals surface area contributed by atoms with E-state index in [0.717, 1.165) is 22.5 Å². The Labute approximate surface area is 157 Å². The molecule has 0 bridgehead atoms. The van der Waals surface area contributed by atoms with E-state index in [4.69, 9.17) is 10.4 Å². The van der Waals surface area contributed by atoms with Crippen molar-refractivity contribution in [2.24, 2.45) is 5.41 Å². The number of rotatable bonds is 8. The fraction of sp³-hybridized carbons (Fsp3) is 0.368. The number of hydrogen-bond donors (Lipinski definition) is 4. The maximum absolute atomic E-state index is 10.9. The van der Waals surface area contributed by atoms with Crippen LogP contribution in [0, 0.1) is 29.1 Å². The van der Waals surface area contributed by atoms with Gasteiger partial charge in [-0.05, 0) is 42.5 Å². The van der Waals surface area contributed by atoms with Crippen molar-refractivity contribution in [1.82, 2.24) is 0 Å². The van der Waals surface area contributed by atoms with Gasteiger partial charge in [-0.2, -0.15) is 0 Å². The molecule has 0 fully saturated rings. The summed E-state index contributed by atoms with van der Waals surface area (Å²) in [5, 5.41) is 24.7. The third-order valence-electron chi connectivity index (χ3n) is 4.38. The first-order valence-corrected chi connectivity index (χ1v) is 8.60. The largest absolute Gasteiger partial charge is 0.384 e. The van der Waals surface area contributed by atoms with Crippen LogP contribution in [0.2, 0.25) is 0 Å². The lowest BCUT2D eigenvalue weighted by Crippen LogP contribution is -2.31. The normalized spacial score (nSPS) is 11.1. The Morgan fingerprint density at radius 1 is 0.815 bits per heavy atom. The molecule has 2 aromatic carbocycles. The highest BCUT2D eigenvalue weighted by Gasteiger charge is 2.20. The molecule has 8 nitrogen and oxygen atoms in total. The summed E-state index contributed by atoms with van der Waals surface area (Å²) in [7, 11) is 0. The van der Waals surface area contributed by atoms with Gasteiger partial charge < -0.3 is 10.6 Å². The highest BCUT2D eigenvalue weighted by molar-refractivity contribution is 5.56. The Hall–Kier alpha value is -3.16. The molecule has 0 spiro atoms. The molecule has 2 aromatic rings. The van der Waals surface area contributed by atoms with E-state index in [1.165, 1.54) is 0 Å². The van der Waals surface area contributed by atoms with E-state index in [2.05, 4.69) is 24.5 Å². The SMILES string of the molecule is Cc1cc([N+](=O)O)ccc1NCC(C)(C)CNc1ccc([N+](=O)O)cc1C. The third-order valence-corrected chi connectivity index (χ3v) is 4.38. The Morgan fingerprint density at radius 2 is 1.19 bits per heavy atom. The van der Waals surface area contributed by atoms with Gasteiger partial charge in [0.15, 0.2) is 0 Å². The van der Waals surface area contributed by atoms with Gasteiger partial charge in [-0.25, -0.2) is 10.4 Å². The Kier molecular flexibility index (Phi) is 5.99. The molecular formula is C19H26N4O4+2. The topological polar surface area (TPSA) is 105 Å². The average molecular weight is 374 g/mol. The summed E-state index contributed by atoms with van der Waals surface area (Å²) >= 11 is 0. The van der Waals surface area contributed by atoms with Gasteiger partial charge in [0.1, 0.15) is 0 Å². The van der Waals surface area contributed by atoms with Crippen LogP contribution in [-0.2, 0) is 0 Å². The summed E-state index contributed by atoms with van der Waals surface area (Å²) in [4.78, 5) is 21.6. The van der Waals surface area contributed by atoms with Crippen molar-refractivity contribution in [3.05, 3.63) is 57.3 Å². The van der Waals surface area contributed by atoms with Crippen LogP contribution < -0.4 is 10.6 Å². The van der Waals surface area contributed by atoms with Crippen LogP contribution in [0.5, 0.6) is 0 Å². The van der Waals surface area contributed by atoms with Crippen LogP contribution in [0.15, 0.2) is 36.4 Å². The van der Waals surface area contributed by atoms with Crippen molar-refractivity contribution >= 4 is 22.7 Å². The summed E-state index contributed by atoms with van der Waals surface area (Å²) in [5.74, 6) is 0. The van der Waals surface area contributed by atoms with Crippen molar-refractivity contribution in [3.8, 4) is 0 Å². The molecule has 0 heterocycles. The first kappa shape index (κ1) is 20.2. The van der Waals surface area contributed by atoms with E-state index < -0.39 is 0 Å². The lowest BCUT2D eigenvalue weighted by molar-refractivity contribution is -0.729. The number of nitrogens with zero attached hydrogens (tertiary/aromatic N) is 2. The van der Waals surface area contributed by atoms with Gasteiger partial charge in [-0.3, -0.25) is 0 Å². The summed E-state index contributed by atoms with van der Waals surface area (Å²) in [6.45, 7) is 9.32. The van der Waals surface area contributed by atoms with Gasteiger partial charge in [0.05, 0.1) is 9.81 Å². The molecule has 0 aliphatic heterocycles. The predicted octanol–water partition coefficient (Wildman–Crippen LogP) is 4.45. The van der Waals surface area contributed by atoms with E-state index in [1.807, 2.05) is 13.8 Å². The molecule has 0 saturated heterocycles. The van der Waals surface area contributed by atoms with Crippen molar-refractivity contribution < 1.29 is 20.3 Å². The number of nitrogens with one attached hydrogen (secondary N) is 2. The molecule has 0 unspecified atom stereocenters. The van der Waals surface area contributed by atoms with E-state index in [-0.39, 0.29) is 26.6 Å². The fourth-order valence-corrected chi connectivity index (χ4v) is 2.66. The average Bonchev–Trinajstić information content (AvgIpc) is 2.59. The molecule has 0 aliphatic rings. The second kappa shape index (κ2) is 8.03. The smallest absolute Gasteiger partial charge is 0.316 e. The molecular weight excluding hydrogens is 348 g/mol. The van der Waals surface area contributed by atoms with Gasteiger partial charge in [0.2, 0.25) is 0 Å². The van der Waals surface area contributed by atoms with E-state index in [0.29, 0.717) is 13.1 Å². The first-order chi connectivity index (χ1) is 12.6. The summed E-state index contributed by atoms with van der Waals surface area (Å²) < 4.78 is 0. The number of hydrogen-bond acceptors (Lipinski definition) is 4. The molecule has 144 valence electrons. The lowest BCUT2D eigenvalue weighted by Gasteiger charge is -2.27. The van der Waals surface area contributed by atoms with Crippen molar-refractivity contribution in [3.63, 3.8) is 0 Å². The minimum Gasteiger partial charge on any atom is -0.384 e. The van der Waals surface area contributed by atoms with Crippen LogP contribution in [-0.4, -0.2) is 33.4 Å². The highest BCUT2D eigenvalue weighted by atomic mass is 16.6. The standard InChI is InChI=1S/C19H26N4O4/c1-13-9-15(22(24)25)5-7-17(13)20-11-19(3,4)12-21-18-8-6-16(23(26)27)10-14(18)2/h5-10,20-21H,11-12H2,1-4H3,(H,24,25)(H,26,27)/q+2. The van der Waals surface area contributed by atoms with Crippen LogP contribution in [0.4, 0.5) is 22.7 Å². The minimum absolute atomic E-state index is 0.0979. The molecule has 0 atom stereocenters. The quantitative estimate of drug-likeness (QED) is 0.509. The summed E-state index contributed by atoms with van der Waals surface area (Å²) in [5.41, 5.74) is 3.81. The molecule has 0 amide bonds. The molecule has 27 heavy (non-hydrogen) atoms. The molecule has 2 rings (SSSR count). The Balaban J connectivity index is 1.97. The zero-order valence-electron chi connectivity index (χ0n) is 16.0. The van der Waals surface area contributed by atoms with Crippen LogP contribution in [0.1, 0.15) is 25.0 Å². The molecule has 0 radical (unpaired) electrons. The zero-order valence-corrected chi connectivity index (χ0v) is 16.0. The zero-order chi connectivity index (χ0) is 20.2. The fourth-order valence-electron chi connectivity index (χ4n) is 2.66. The molecule has 0 saturated carbocycles. The Morgan fingerprint density at radius 3 is 1.48 bits per heavy atom. The summed E-state index contributed by atoms with van der Waals surface area (Å²) in [6, 6.07) is 9.87. The summed E-state index contributed by atoms with van der Waals surface area (Å²) in [6.07, 6.45) is 0. The lowest BCUT2D eigenvalue weighted by atomic mass is 9.92. The van der Waals surface area contributed by atoms with Crippen molar-refractivity contribution in [2.45, 2.75) is 27.7 Å². The first-order valence-electron chi connectivity index (χ1n) is 8.60. The van der Waals surface area contributed by atoms with Gasteiger partial charge >= 0.3 is 11.4 Å². The molecule has 0 aliphatic carbocycles. The van der Waals surface area contributed by atoms with Crippen LogP contribution >= 0.6 is 0 Å².